The molecule has 1 spiro atoms. The van der Waals surface area contributed by atoms with Gasteiger partial charge < -0.3 is 9.80 Å². The topological polar surface area (TPSA) is 6.48 Å². The minimum absolute atomic E-state index is 0.469. The number of benzene rings is 13. The van der Waals surface area contributed by atoms with Crippen molar-refractivity contribution in [3.63, 3.8) is 0 Å². The fourth-order valence-corrected chi connectivity index (χ4v) is 15.0. The summed E-state index contributed by atoms with van der Waals surface area (Å²) < 4.78 is 0. The van der Waals surface area contributed by atoms with Crippen molar-refractivity contribution in [3.05, 3.63) is 348 Å². The van der Waals surface area contributed by atoms with Gasteiger partial charge in [0.15, 0.2) is 0 Å². The van der Waals surface area contributed by atoms with Crippen LogP contribution in [0.4, 0.5) is 34.1 Å². The highest BCUT2D eigenvalue weighted by Crippen LogP contribution is 2.67. The second-order valence-corrected chi connectivity index (χ2v) is 21.8. The molecule has 80 heavy (non-hydrogen) atoms. The number of hydrogen-bond donors (Lipinski definition) is 0. The van der Waals surface area contributed by atoms with E-state index in [1.807, 2.05) is 0 Å². The number of anilines is 6. The molecule has 1 atom stereocenters. The molecule has 0 amide bonds. The van der Waals surface area contributed by atoms with Gasteiger partial charge in [-0.3, -0.25) is 0 Å². The minimum atomic E-state index is -0.611. The van der Waals surface area contributed by atoms with Crippen LogP contribution in [-0.4, -0.2) is 0 Å². The highest BCUT2D eigenvalue weighted by Gasteiger charge is 2.54. The predicted molar refractivity (Wildman–Crippen MR) is 331 cm³/mol. The minimum Gasteiger partial charge on any atom is -0.310 e. The Morgan fingerprint density at radius 1 is 0.287 bits per heavy atom. The Bertz CT molecular complexity index is 4590. The van der Waals surface area contributed by atoms with Crippen LogP contribution in [0.25, 0.3) is 66.4 Å². The molecule has 0 fully saturated rings. The van der Waals surface area contributed by atoms with Crippen LogP contribution in [-0.2, 0) is 10.8 Å². The number of hydrogen-bond acceptors (Lipinski definition) is 2. The predicted octanol–water partition coefficient (Wildman–Crippen LogP) is 20.1. The third kappa shape index (κ3) is 6.02. The van der Waals surface area contributed by atoms with Crippen molar-refractivity contribution < 1.29 is 0 Å². The van der Waals surface area contributed by atoms with E-state index in [2.05, 4.69) is 313 Å². The molecule has 2 nitrogen and oxygen atoms in total. The number of para-hydroxylation sites is 2. The molecular formula is C78H50N2. The summed E-state index contributed by atoms with van der Waals surface area (Å²) in [7, 11) is 0. The van der Waals surface area contributed by atoms with Crippen LogP contribution >= 0.6 is 0 Å². The molecular weight excluding hydrogens is 965 g/mol. The average Bonchev–Trinajstić information content (AvgIpc) is 4.24. The largest absolute Gasteiger partial charge is 0.310 e. The van der Waals surface area contributed by atoms with Crippen molar-refractivity contribution in [1.82, 2.24) is 0 Å². The van der Waals surface area contributed by atoms with Gasteiger partial charge in [0.25, 0.3) is 0 Å². The summed E-state index contributed by atoms with van der Waals surface area (Å²) >= 11 is 0. The van der Waals surface area contributed by atoms with Crippen molar-refractivity contribution in [3.8, 4) is 55.6 Å². The zero-order chi connectivity index (χ0) is 52.5. The van der Waals surface area contributed by atoms with Gasteiger partial charge in [-0.1, -0.05) is 237 Å². The highest BCUT2D eigenvalue weighted by molar-refractivity contribution is 6.05. The van der Waals surface area contributed by atoms with Gasteiger partial charge in [-0.25, -0.2) is 0 Å². The van der Waals surface area contributed by atoms with E-state index in [1.165, 1.54) is 117 Å². The summed E-state index contributed by atoms with van der Waals surface area (Å²) in [6.07, 6.45) is 0. The summed E-state index contributed by atoms with van der Waals surface area (Å²) in [4.78, 5) is 4.98. The molecule has 0 unspecified atom stereocenters. The van der Waals surface area contributed by atoms with E-state index in [1.54, 1.807) is 0 Å². The first-order chi connectivity index (χ1) is 39.7. The molecule has 4 aliphatic rings. The van der Waals surface area contributed by atoms with Gasteiger partial charge in [0.05, 0.1) is 27.9 Å². The smallest absolute Gasteiger partial charge is 0.0754 e. The van der Waals surface area contributed by atoms with E-state index < -0.39 is 10.8 Å². The molecule has 2 heteroatoms. The average molecular weight is 1020 g/mol. The third-order valence-corrected chi connectivity index (χ3v) is 18.0. The molecule has 0 saturated carbocycles. The molecule has 0 saturated heterocycles. The molecule has 1 heterocycles. The molecule has 13 aromatic rings. The van der Waals surface area contributed by atoms with Crippen LogP contribution < -0.4 is 9.80 Å². The first kappa shape index (κ1) is 44.8. The SMILES string of the molecule is c1ccc(-c2cc(-c3ccc(N(c4ccc5c(c4)C4(c6ccccc6-c6ccccc64)c4ccccc4-5)c4cccc5ccccc45)cc3)cc3c2-c2cccc4c2[C@]3(c2ccccc2)c2ccccc2N4c2ccccc2)cc1. The highest BCUT2D eigenvalue weighted by atomic mass is 15.2. The van der Waals surface area contributed by atoms with Gasteiger partial charge in [-0.2, -0.15) is 0 Å². The van der Waals surface area contributed by atoms with Crippen LogP contribution in [0.5, 0.6) is 0 Å². The van der Waals surface area contributed by atoms with Gasteiger partial charge in [-0.05, 0) is 167 Å². The number of rotatable bonds is 7. The lowest BCUT2D eigenvalue weighted by Gasteiger charge is -2.44. The van der Waals surface area contributed by atoms with Crippen LogP contribution in [0.2, 0.25) is 0 Å². The molecule has 0 bridgehead atoms. The van der Waals surface area contributed by atoms with Crippen molar-refractivity contribution in [2.24, 2.45) is 0 Å². The quantitative estimate of drug-likeness (QED) is 0.157. The zero-order valence-electron chi connectivity index (χ0n) is 43.8. The van der Waals surface area contributed by atoms with Gasteiger partial charge in [0, 0.05) is 28.0 Å². The molecule has 0 radical (unpaired) electrons. The second-order valence-electron chi connectivity index (χ2n) is 21.8. The van der Waals surface area contributed by atoms with Crippen molar-refractivity contribution in [2.45, 2.75) is 10.8 Å². The van der Waals surface area contributed by atoms with E-state index >= 15 is 0 Å². The monoisotopic (exact) mass is 1010 g/mol. The van der Waals surface area contributed by atoms with Crippen molar-refractivity contribution >= 4 is 44.9 Å². The lowest BCUT2D eigenvalue weighted by molar-refractivity contribution is 0.754. The summed E-state index contributed by atoms with van der Waals surface area (Å²) in [6.45, 7) is 0. The maximum absolute atomic E-state index is 2.53. The molecule has 3 aliphatic carbocycles. The summed E-state index contributed by atoms with van der Waals surface area (Å²) in [6, 6.07) is 114. The van der Waals surface area contributed by atoms with Crippen molar-refractivity contribution in [2.75, 3.05) is 9.80 Å². The van der Waals surface area contributed by atoms with Crippen LogP contribution in [0.1, 0.15) is 44.5 Å². The summed E-state index contributed by atoms with van der Waals surface area (Å²) in [5, 5.41) is 2.40. The van der Waals surface area contributed by atoms with E-state index in [-0.39, 0.29) is 0 Å². The second kappa shape index (κ2) is 17.1. The Kier molecular flexibility index (Phi) is 9.58. The van der Waals surface area contributed by atoms with Gasteiger partial charge >= 0.3 is 0 Å². The van der Waals surface area contributed by atoms with Gasteiger partial charge in [0.1, 0.15) is 0 Å². The molecule has 1 aliphatic heterocycles. The summed E-state index contributed by atoms with van der Waals surface area (Å²) in [5.41, 5.74) is 28.8. The third-order valence-electron chi connectivity index (χ3n) is 18.0. The number of fused-ring (bicyclic) bond motifs is 16. The number of nitrogens with zero attached hydrogens (tertiary/aromatic N) is 2. The Balaban J connectivity index is 0.883. The fraction of sp³-hybridized carbons (Fsp3) is 0.0256. The Labute approximate surface area is 466 Å². The standard InChI is InChI=1S/C78H50N2/c1-4-22-53(23-5-1)65-48-54(49-71-75(65)64-34-21-41-74-76(64)77(71,55-26-6-2-7-27-55)69-38-18-19-39-73(69)80(74)56-28-8-3-9-29-56)51-42-44-57(45-43-51)79(72-40-20-25-52-24-10-11-30-59(52)72)58-46-47-63-62-33-14-17-37-68(62)78(70(63)50-58)66-35-15-12-31-60(66)61-32-13-16-36-67(61)78/h1-50H/t77-/m1/s1. The van der Waals surface area contributed by atoms with E-state index in [9.17, 15) is 0 Å². The first-order valence-electron chi connectivity index (χ1n) is 27.9. The maximum atomic E-state index is 2.53. The van der Waals surface area contributed by atoms with Crippen molar-refractivity contribution in [1.29, 1.82) is 0 Å². The molecule has 0 N–H and O–H groups in total. The Morgan fingerprint density at radius 3 is 1.54 bits per heavy atom. The lowest BCUT2D eigenvalue weighted by Crippen LogP contribution is -2.35. The van der Waals surface area contributed by atoms with Crippen LogP contribution in [0, 0.1) is 0 Å². The van der Waals surface area contributed by atoms with Gasteiger partial charge in [-0.15, -0.1) is 0 Å². The zero-order valence-corrected chi connectivity index (χ0v) is 43.8. The van der Waals surface area contributed by atoms with Crippen LogP contribution in [0.3, 0.4) is 0 Å². The lowest BCUT2D eigenvalue weighted by atomic mass is 9.64. The Morgan fingerprint density at radius 2 is 0.825 bits per heavy atom. The molecule has 372 valence electrons. The first-order valence-corrected chi connectivity index (χ1v) is 27.9. The van der Waals surface area contributed by atoms with E-state index in [4.69, 9.17) is 0 Å². The van der Waals surface area contributed by atoms with E-state index in [0.717, 1.165) is 28.3 Å². The maximum Gasteiger partial charge on any atom is 0.0754 e. The molecule has 13 aromatic carbocycles. The molecule has 17 rings (SSSR count). The van der Waals surface area contributed by atoms with E-state index in [0.29, 0.717) is 0 Å². The Hall–Kier alpha value is -10.3. The normalized spacial score (nSPS) is 15.1. The van der Waals surface area contributed by atoms with Crippen LogP contribution in [0.15, 0.2) is 303 Å². The summed E-state index contributed by atoms with van der Waals surface area (Å²) in [5.74, 6) is 0. The fourth-order valence-electron chi connectivity index (χ4n) is 15.0. The molecule has 0 aromatic heterocycles. The van der Waals surface area contributed by atoms with Gasteiger partial charge in [0.2, 0.25) is 0 Å².